The predicted molar refractivity (Wildman–Crippen MR) is 107 cm³/mol. The topological polar surface area (TPSA) is 34.1 Å². The van der Waals surface area contributed by atoms with Crippen molar-refractivity contribution < 1.29 is 14.0 Å². The second-order valence-corrected chi connectivity index (χ2v) is 7.19. The highest BCUT2D eigenvalue weighted by atomic mass is 19.1. The molecule has 0 amide bonds. The minimum atomic E-state index is -0.128. The summed E-state index contributed by atoms with van der Waals surface area (Å²) in [4.78, 5) is 24.6. The van der Waals surface area contributed by atoms with Gasteiger partial charge in [0.2, 0.25) is 0 Å². The molecule has 0 heterocycles. The monoisotopic (exact) mass is 358 g/mol. The lowest BCUT2D eigenvalue weighted by Crippen LogP contribution is -2.20. The SMILES string of the molecule is CC1=C(C)C(=O)C(C/C=C(\C)CC/C=C(\C)CC/C=C(/C)F)=C(C)C1=O. The fourth-order valence-electron chi connectivity index (χ4n) is 2.93. The van der Waals surface area contributed by atoms with Gasteiger partial charge in [0.15, 0.2) is 11.6 Å². The van der Waals surface area contributed by atoms with Gasteiger partial charge in [0, 0.05) is 22.3 Å². The van der Waals surface area contributed by atoms with Crippen molar-refractivity contribution in [2.75, 3.05) is 0 Å². The van der Waals surface area contributed by atoms with Crippen LogP contribution in [-0.4, -0.2) is 11.6 Å². The van der Waals surface area contributed by atoms with Crippen LogP contribution in [0.4, 0.5) is 4.39 Å². The second kappa shape index (κ2) is 10.2. The summed E-state index contributed by atoms with van der Waals surface area (Å²) in [6.07, 6.45) is 9.81. The maximum absolute atomic E-state index is 12.7. The summed E-state index contributed by atoms with van der Waals surface area (Å²) in [5.41, 5.74) is 4.80. The van der Waals surface area contributed by atoms with E-state index in [1.807, 2.05) is 0 Å². The largest absolute Gasteiger partial charge is 0.289 e. The van der Waals surface area contributed by atoms with E-state index in [4.69, 9.17) is 0 Å². The molecule has 0 N–H and O–H groups in total. The van der Waals surface area contributed by atoms with E-state index in [1.165, 1.54) is 18.1 Å². The maximum Gasteiger partial charge on any atom is 0.185 e. The fourth-order valence-corrected chi connectivity index (χ4v) is 2.93. The molecule has 3 heteroatoms. The summed E-state index contributed by atoms with van der Waals surface area (Å²) in [5, 5.41) is 0. The summed E-state index contributed by atoms with van der Waals surface area (Å²) < 4.78 is 12.7. The molecule has 0 fully saturated rings. The molecule has 0 spiro atoms. The molecule has 0 aromatic heterocycles. The highest BCUT2D eigenvalue weighted by Crippen LogP contribution is 2.27. The molecular weight excluding hydrogens is 327 g/mol. The number of rotatable bonds is 8. The predicted octanol–water partition coefficient (Wildman–Crippen LogP) is 6.51. The van der Waals surface area contributed by atoms with Gasteiger partial charge >= 0.3 is 0 Å². The zero-order valence-corrected chi connectivity index (χ0v) is 17.0. The Kier molecular flexibility index (Phi) is 8.64. The highest BCUT2D eigenvalue weighted by molar-refractivity contribution is 6.24. The van der Waals surface area contributed by atoms with Crippen molar-refractivity contribution in [3.8, 4) is 0 Å². The molecule has 0 bridgehead atoms. The molecule has 1 rings (SSSR count). The van der Waals surface area contributed by atoms with Gasteiger partial charge in [0.1, 0.15) is 0 Å². The standard InChI is InChI=1S/C23H31FO2/c1-15(11-8-12-17(3)24)9-7-10-16(2)13-14-21-20(6)22(25)18(4)19(5)23(21)26/h9,12-13H,7-8,10-11,14H2,1-6H3/b15-9+,16-13+,17-12-. The number of Topliss-reactive ketones (excluding diaryl/α,β-unsaturated/α-hetero) is 2. The minimum Gasteiger partial charge on any atom is -0.289 e. The van der Waals surface area contributed by atoms with Gasteiger partial charge in [0.25, 0.3) is 0 Å². The van der Waals surface area contributed by atoms with Crippen molar-refractivity contribution in [2.24, 2.45) is 0 Å². The molecule has 0 unspecified atom stereocenters. The van der Waals surface area contributed by atoms with Crippen LogP contribution in [0.1, 0.15) is 73.6 Å². The summed E-state index contributed by atoms with van der Waals surface area (Å²) in [6.45, 7) is 10.8. The van der Waals surface area contributed by atoms with E-state index in [0.717, 1.165) is 25.7 Å². The fraction of sp³-hybridized carbons (Fsp3) is 0.478. The molecule has 142 valence electrons. The maximum atomic E-state index is 12.7. The first-order chi connectivity index (χ1) is 12.1. The molecule has 0 saturated heterocycles. The first kappa shape index (κ1) is 22.0. The van der Waals surface area contributed by atoms with Gasteiger partial charge < -0.3 is 0 Å². The quantitative estimate of drug-likeness (QED) is 0.366. The van der Waals surface area contributed by atoms with E-state index in [0.29, 0.717) is 28.7 Å². The Bertz CT molecular complexity index is 723. The third-order valence-corrected chi connectivity index (χ3v) is 4.96. The van der Waals surface area contributed by atoms with Crippen LogP contribution in [-0.2, 0) is 9.59 Å². The van der Waals surface area contributed by atoms with E-state index >= 15 is 0 Å². The number of ketones is 2. The first-order valence-corrected chi connectivity index (χ1v) is 9.25. The van der Waals surface area contributed by atoms with Crippen molar-refractivity contribution in [1.29, 1.82) is 0 Å². The number of allylic oxidation sites excluding steroid dienone is 10. The third kappa shape index (κ3) is 6.36. The molecule has 1 aliphatic carbocycles. The minimum absolute atomic E-state index is 0.00407. The van der Waals surface area contributed by atoms with Crippen LogP contribution < -0.4 is 0 Å². The van der Waals surface area contributed by atoms with E-state index in [9.17, 15) is 14.0 Å². The van der Waals surface area contributed by atoms with E-state index in [2.05, 4.69) is 26.0 Å². The van der Waals surface area contributed by atoms with Gasteiger partial charge in [-0.15, -0.1) is 0 Å². The van der Waals surface area contributed by atoms with Crippen molar-refractivity contribution >= 4 is 11.6 Å². The summed E-state index contributed by atoms with van der Waals surface area (Å²) >= 11 is 0. The molecule has 2 nitrogen and oxygen atoms in total. The Labute approximate surface area is 157 Å². The Hall–Kier alpha value is -2.03. The molecule has 0 radical (unpaired) electrons. The van der Waals surface area contributed by atoms with Crippen LogP contribution in [0, 0.1) is 0 Å². The van der Waals surface area contributed by atoms with Crippen molar-refractivity contribution in [2.45, 2.75) is 73.6 Å². The number of halogens is 1. The Balaban J connectivity index is 2.60. The zero-order valence-electron chi connectivity index (χ0n) is 17.0. The smallest absolute Gasteiger partial charge is 0.185 e. The van der Waals surface area contributed by atoms with Crippen LogP contribution in [0.5, 0.6) is 0 Å². The zero-order chi connectivity index (χ0) is 19.9. The molecular formula is C23H31FO2. The summed E-state index contributed by atoms with van der Waals surface area (Å²) in [5.74, 6) is -0.146. The molecule has 26 heavy (non-hydrogen) atoms. The third-order valence-electron chi connectivity index (χ3n) is 4.96. The van der Waals surface area contributed by atoms with Gasteiger partial charge in [-0.2, -0.15) is 0 Å². The highest BCUT2D eigenvalue weighted by Gasteiger charge is 2.26. The number of carbonyl (C=O) groups is 2. The molecule has 0 aromatic carbocycles. The van der Waals surface area contributed by atoms with Crippen LogP contribution in [0.2, 0.25) is 0 Å². The Morgan fingerprint density at radius 2 is 1.27 bits per heavy atom. The van der Waals surface area contributed by atoms with Crippen molar-refractivity contribution in [1.82, 2.24) is 0 Å². The average molecular weight is 358 g/mol. The van der Waals surface area contributed by atoms with Gasteiger partial charge in [-0.25, -0.2) is 4.39 Å². The second-order valence-electron chi connectivity index (χ2n) is 7.19. The molecule has 0 atom stereocenters. The summed E-state index contributed by atoms with van der Waals surface area (Å²) in [6, 6.07) is 0. The first-order valence-electron chi connectivity index (χ1n) is 9.25. The van der Waals surface area contributed by atoms with Crippen LogP contribution in [0.25, 0.3) is 0 Å². The normalized spacial score (nSPS) is 17.6. The van der Waals surface area contributed by atoms with Crippen LogP contribution in [0.15, 0.2) is 57.5 Å². The molecule has 0 aliphatic heterocycles. The van der Waals surface area contributed by atoms with Gasteiger partial charge in [-0.1, -0.05) is 29.4 Å². The van der Waals surface area contributed by atoms with E-state index in [-0.39, 0.29) is 17.4 Å². The Morgan fingerprint density at radius 3 is 1.85 bits per heavy atom. The van der Waals surface area contributed by atoms with E-state index < -0.39 is 0 Å². The van der Waals surface area contributed by atoms with E-state index in [1.54, 1.807) is 26.8 Å². The van der Waals surface area contributed by atoms with Crippen molar-refractivity contribution in [3.05, 3.63) is 57.5 Å². The average Bonchev–Trinajstić information content (AvgIpc) is 2.58. The van der Waals surface area contributed by atoms with Crippen molar-refractivity contribution in [3.63, 3.8) is 0 Å². The van der Waals surface area contributed by atoms with Gasteiger partial charge in [-0.05, 0) is 73.6 Å². The number of carbonyl (C=O) groups excluding carboxylic acids is 2. The van der Waals surface area contributed by atoms with Crippen LogP contribution in [0.3, 0.4) is 0 Å². The lowest BCUT2D eigenvalue weighted by molar-refractivity contribution is -0.116. The van der Waals surface area contributed by atoms with Gasteiger partial charge in [-0.3, -0.25) is 9.59 Å². The molecule has 1 aliphatic rings. The van der Waals surface area contributed by atoms with Gasteiger partial charge in [0.05, 0.1) is 5.83 Å². The lowest BCUT2D eigenvalue weighted by Gasteiger charge is -2.17. The lowest BCUT2D eigenvalue weighted by atomic mass is 9.84. The number of hydrogen-bond donors (Lipinski definition) is 0. The van der Waals surface area contributed by atoms with Crippen LogP contribution >= 0.6 is 0 Å². The summed E-state index contributed by atoms with van der Waals surface area (Å²) in [7, 11) is 0. The molecule has 0 aromatic rings. The number of hydrogen-bond acceptors (Lipinski definition) is 2. The molecule has 0 saturated carbocycles. The Morgan fingerprint density at radius 1 is 0.769 bits per heavy atom.